The van der Waals surface area contributed by atoms with Crippen LogP contribution in [-0.2, 0) is 21.9 Å². The van der Waals surface area contributed by atoms with Crippen molar-refractivity contribution in [1.29, 1.82) is 5.26 Å². The van der Waals surface area contributed by atoms with E-state index in [4.69, 9.17) is 16.3 Å². The largest absolute Gasteiger partial charge is 0.513 e. The van der Waals surface area contributed by atoms with Crippen LogP contribution in [0.2, 0.25) is 5.15 Å². The molecule has 0 atom stereocenters. The second-order valence-corrected chi connectivity index (χ2v) is 7.75. The molecule has 2 heterocycles. The van der Waals surface area contributed by atoms with Crippen molar-refractivity contribution in [1.82, 2.24) is 14.8 Å². The fourth-order valence-corrected chi connectivity index (χ4v) is 3.36. The van der Waals surface area contributed by atoms with Crippen LogP contribution < -0.4 is 0 Å². The van der Waals surface area contributed by atoms with Gasteiger partial charge in [-0.2, -0.15) is 10.4 Å². The molecule has 0 saturated heterocycles. The minimum absolute atomic E-state index is 0.0271. The normalized spacial score (nSPS) is 12.4. The minimum atomic E-state index is -0.960. The van der Waals surface area contributed by atoms with Gasteiger partial charge in [-0.3, -0.25) is 4.68 Å². The third-order valence-corrected chi connectivity index (χ3v) is 5.17. The summed E-state index contributed by atoms with van der Waals surface area (Å²) in [5.74, 6) is -0.0271. The molecule has 0 aliphatic rings. The number of aromatic nitrogens is 3. The van der Waals surface area contributed by atoms with Crippen LogP contribution in [0.25, 0.3) is 11.3 Å². The zero-order valence-electron chi connectivity index (χ0n) is 15.4. The van der Waals surface area contributed by atoms with Crippen LogP contribution in [0.1, 0.15) is 42.7 Å². The zero-order valence-corrected chi connectivity index (χ0v) is 16.9. The first-order valence-electron chi connectivity index (χ1n) is 7.66. The topological polar surface area (TPSA) is 90.0 Å². The lowest BCUT2D eigenvalue weighted by atomic mass is 9.98. The highest BCUT2D eigenvalue weighted by atomic mass is 35.5. The number of halogens is 1. The van der Waals surface area contributed by atoms with Crippen molar-refractivity contribution in [2.24, 2.45) is 7.05 Å². The summed E-state index contributed by atoms with van der Waals surface area (Å²) in [4.78, 5) is 16.3. The van der Waals surface area contributed by atoms with Crippen molar-refractivity contribution >= 4 is 40.4 Å². The molecular weight excluding hydrogens is 376 g/mol. The van der Waals surface area contributed by atoms with Crippen LogP contribution in [0.4, 0.5) is 4.79 Å². The highest BCUT2D eigenvalue weighted by Crippen LogP contribution is 2.35. The molecule has 0 aliphatic heterocycles. The fourth-order valence-electron chi connectivity index (χ4n) is 2.20. The SMILES string of the molecule is COC(=O)OC(=C(C#N)c1csc(C(C)(C)C)n1)c1c(C)nn(C)c1Cl. The van der Waals surface area contributed by atoms with Crippen molar-refractivity contribution in [3.8, 4) is 6.07 Å². The predicted molar refractivity (Wildman–Crippen MR) is 99.7 cm³/mol. The molecule has 0 amide bonds. The Morgan fingerprint density at radius 2 is 2.08 bits per heavy atom. The first kappa shape index (κ1) is 19.9. The maximum Gasteiger partial charge on any atom is 0.513 e. The molecule has 2 aromatic rings. The van der Waals surface area contributed by atoms with Gasteiger partial charge in [0.15, 0.2) is 5.76 Å². The summed E-state index contributed by atoms with van der Waals surface area (Å²) in [7, 11) is 2.84. The van der Waals surface area contributed by atoms with E-state index in [1.165, 1.54) is 23.1 Å². The van der Waals surface area contributed by atoms with Gasteiger partial charge in [0.25, 0.3) is 0 Å². The second-order valence-electron chi connectivity index (χ2n) is 6.53. The van der Waals surface area contributed by atoms with Gasteiger partial charge in [0, 0.05) is 17.8 Å². The molecule has 0 bridgehead atoms. The molecule has 0 aliphatic carbocycles. The first-order chi connectivity index (χ1) is 12.1. The number of ether oxygens (including phenoxy) is 2. The van der Waals surface area contributed by atoms with Crippen LogP contribution in [0.5, 0.6) is 0 Å². The van der Waals surface area contributed by atoms with Crippen LogP contribution in [0.15, 0.2) is 5.38 Å². The molecule has 138 valence electrons. The van der Waals surface area contributed by atoms with Crippen LogP contribution in [0.3, 0.4) is 0 Å². The third-order valence-electron chi connectivity index (χ3n) is 3.47. The molecule has 2 rings (SSSR count). The van der Waals surface area contributed by atoms with Gasteiger partial charge in [-0.05, 0) is 6.92 Å². The lowest BCUT2D eigenvalue weighted by Gasteiger charge is -2.13. The number of allylic oxidation sites excluding steroid dienone is 1. The molecule has 0 radical (unpaired) electrons. The van der Waals surface area contributed by atoms with E-state index in [1.807, 2.05) is 20.8 Å². The lowest BCUT2D eigenvalue weighted by molar-refractivity contribution is 0.112. The van der Waals surface area contributed by atoms with Crippen molar-refractivity contribution in [2.75, 3.05) is 7.11 Å². The van der Waals surface area contributed by atoms with Gasteiger partial charge < -0.3 is 9.47 Å². The summed E-state index contributed by atoms with van der Waals surface area (Å²) >= 11 is 7.74. The molecular formula is C17H19ClN4O3S. The Morgan fingerprint density at radius 3 is 2.50 bits per heavy atom. The molecule has 0 unspecified atom stereocenters. The number of hydrogen-bond acceptors (Lipinski definition) is 7. The average Bonchev–Trinajstić information content (AvgIpc) is 3.13. The molecule has 0 spiro atoms. The number of carbonyl (C=O) groups is 1. The van der Waals surface area contributed by atoms with E-state index < -0.39 is 6.16 Å². The van der Waals surface area contributed by atoms with Crippen molar-refractivity contribution in [3.63, 3.8) is 0 Å². The fraction of sp³-hybridized carbons (Fsp3) is 0.412. The Labute approximate surface area is 160 Å². The quantitative estimate of drug-likeness (QED) is 0.437. The van der Waals surface area contributed by atoms with Crippen molar-refractivity contribution in [3.05, 3.63) is 32.5 Å². The van der Waals surface area contributed by atoms with E-state index in [1.54, 1.807) is 19.4 Å². The number of rotatable bonds is 3. The van der Waals surface area contributed by atoms with E-state index >= 15 is 0 Å². The Kier molecular flexibility index (Phi) is 5.74. The van der Waals surface area contributed by atoms with E-state index in [-0.39, 0.29) is 21.9 Å². The summed E-state index contributed by atoms with van der Waals surface area (Å²) in [6.07, 6.45) is -0.960. The summed E-state index contributed by atoms with van der Waals surface area (Å²) in [5, 5.41) is 16.8. The van der Waals surface area contributed by atoms with Gasteiger partial charge in [-0.15, -0.1) is 11.3 Å². The van der Waals surface area contributed by atoms with Crippen LogP contribution >= 0.6 is 22.9 Å². The molecule has 0 N–H and O–H groups in total. The lowest BCUT2D eigenvalue weighted by Crippen LogP contribution is -2.11. The number of carbonyl (C=O) groups excluding carboxylic acids is 1. The van der Waals surface area contributed by atoms with Crippen LogP contribution in [0, 0.1) is 18.3 Å². The van der Waals surface area contributed by atoms with Gasteiger partial charge in [-0.25, -0.2) is 9.78 Å². The Morgan fingerprint density at radius 1 is 1.42 bits per heavy atom. The smallest absolute Gasteiger partial charge is 0.437 e. The zero-order chi connectivity index (χ0) is 19.6. The van der Waals surface area contributed by atoms with Gasteiger partial charge in [-0.1, -0.05) is 32.4 Å². The summed E-state index contributed by atoms with van der Waals surface area (Å²) < 4.78 is 11.3. The molecule has 9 heteroatoms. The Hall–Kier alpha value is -2.37. The number of hydrogen-bond donors (Lipinski definition) is 0. The third kappa shape index (κ3) is 3.89. The number of nitriles is 1. The first-order valence-corrected chi connectivity index (χ1v) is 8.92. The highest BCUT2D eigenvalue weighted by Gasteiger charge is 2.27. The van der Waals surface area contributed by atoms with Gasteiger partial charge in [0.2, 0.25) is 0 Å². The Balaban J connectivity index is 2.73. The number of nitrogens with zero attached hydrogens (tertiary/aromatic N) is 4. The molecule has 26 heavy (non-hydrogen) atoms. The number of aryl methyl sites for hydroxylation is 2. The van der Waals surface area contributed by atoms with Gasteiger partial charge >= 0.3 is 6.16 Å². The van der Waals surface area contributed by atoms with E-state index in [0.29, 0.717) is 17.0 Å². The van der Waals surface area contributed by atoms with Gasteiger partial charge in [0.05, 0.1) is 29.1 Å². The summed E-state index contributed by atoms with van der Waals surface area (Å²) in [6.45, 7) is 7.79. The molecule has 0 saturated carbocycles. The highest BCUT2D eigenvalue weighted by molar-refractivity contribution is 7.10. The molecule has 0 aromatic carbocycles. The van der Waals surface area contributed by atoms with E-state index in [0.717, 1.165) is 5.01 Å². The summed E-state index contributed by atoms with van der Waals surface area (Å²) in [5.41, 5.74) is 1.17. The van der Waals surface area contributed by atoms with Crippen molar-refractivity contribution < 1.29 is 14.3 Å². The monoisotopic (exact) mass is 394 g/mol. The van der Waals surface area contributed by atoms with Gasteiger partial charge in [0.1, 0.15) is 16.8 Å². The summed E-state index contributed by atoms with van der Waals surface area (Å²) in [6, 6.07) is 2.07. The second kappa shape index (κ2) is 7.48. The standard InChI is InChI=1S/C17H19ClN4O3S/c1-9-12(14(18)22(5)21-9)13(25-16(23)24-6)10(7-19)11-8-26-15(20-11)17(2,3)4/h8H,1-6H3. The van der Waals surface area contributed by atoms with Crippen molar-refractivity contribution in [2.45, 2.75) is 33.1 Å². The average molecular weight is 395 g/mol. The number of thiazole rings is 1. The Bertz CT molecular complexity index is 916. The minimum Gasteiger partial charge on any atom is -0.437 e. The van der Waals surface area contributed by atoms with E-state index in [2.05, 4.69) is 20.9 Å². The molecule has 2 aromatic heterocycles. The molecule has 7 nitrogen and oxygen atoms in total. The maximum atomic E-state index is 11.8. The van der Waals surface area contributed by atoms with Crippen LogP contribution in [-0.4, -0.2) is 28.0 Å². The maximum absolute atomic E-state index is 11.8. The molecule has 0 fully saturated rings. The predicted octanol–water partition coefficient (Wildman–Crippen LogP) is 4.31. The van der Waals surface area contributed by atoms with E-state index in [9.17, 15) is 10.1 Å². The number of methoxy groups -OCH3 is 1.